The molecule has 2 atom stereocenters. The minimum atomic E-state index is 0.507. The van der Waals surface area contributed by atoms with Crippen molar-refractivity contribution >= 4 is 28.6 Å². The van der Waals surface area contributed by atoms with Crippen LogP contribution in [0.2, 0.25) is 0 Å². The van der Waals surface area contributed by atoms with Crippen LogP contribution in [0.15, 0.2) is 28.7 Å². The van der Waals surface area contributed by atoms with E-state index in [9.17, 15) is 0 Å². The molecule has 1 aliphatic heterocycles. The topological polar surface area (TPSA) is 52.6 Å². The lowest BCUT2D eigenvalue weighted by molar-refractivity contribution is 0.125. The standard InChI is InChI=1S/C19H29N5S2/c1-14-12-22-17(26-14)8-9-21-19(20-2)23-13-15-6-4-10-24(3)18(15)16-7-5-11-25-16/h5,7,11-12,15,18H,4,6,8-10,13H2,1-3H3,(H2,20,21,23). The zero-order valence-corrected chi connectivity index (χ0v) is 17.5. The molecule has 1 aliphatic rings. The maximum absolute atomic E-state index is 4.42. The second-order valence-corrected chi connectivity index (χ2v) is 9.14. The number of aromatic nitrogens is 1. The van der Waals surface area contributed by atoms with Crippen molar-refractivity contribution in [1.82, 2.24) is 20.5 Å². The Balaban J connectivity index is 1.50. The molecule has 0 bridgehead atoms. The van der Waals surface area contributed by atoms with E-state index < -0.39 is 0 Å². The van der Waals surface area contributed by atoms with Crippen LogP contribution in [-0.4, -0.2) is 49.6 Å². The van der Waals surface area contributed by atoms with Gasteiger partial charge in [-0.1, -0.05) is 6.07 Å². The van der Waals surface area contributed by atoms with Crippen LogP contribution >= 0.6 is 22.7 Å². The van der Waals surface area contributed by atoms with E-state index in [0.29, 0.717) is 12.0 Å². The molecule has 2 N–H and O–H groups in total. The molecule has 0 aliphatic carbocycles. The average molecular weight is 392 g/mol. The number of thiazole rings is 1. The molecule has 0 radical (unpaired) electrons. The summed E-state index contributed by atoms with van der Waals surface area (Å²) in [6.45, 7) is 5.08. The fourth-order valence-electron chi connectivity index (χ4n) is 3.64. The summed E-state index contributed by atoms with van der Waals surface area (Å²) in [5.41, 5.74) is 0. The smallest absolute Gasteiger partial charge is 0.191 e. The van der Waals surface area contributed by atoms with Crippen molar-refractivity contribution in [3.63, 3.8) is 0 Å². The van der Waals surface area contributed by atoms with Gasteiger partial charge in [0.1, 0.15) is 0 Å². The minimum Gasteiger partial charge on any atom is -0.356 e. The third-order valence-corrected chi connectivity index (χ3v) is 6.81. The van der Waals surface area contributed by atoms with Crippen molar-refractivity contribution in [3.8, 4) is 0 Å². The lowest BCUT2D eigenvalue weighted by Gasteiger charge is -2.39. The van der Waals surface area contributed by atoms with Crippen LogP contribution < -0.4 is 10.6 Å². The maximum atomic E-state index is 4.42. The summed E-state index contributed by atoms with van der Waals surface area (Å²) in [5.74, 6) is 1.49. The number of hydrogen-bond donors (Lipinski definition) is 2. The van der Waals surface area contributed by atoms with Crippen LogP contribution in [0.25, 0.3) is 0 Å². The summed E-state index contributed by atoms with van der Waals surface area (Å²) in [4.78, 5) is 14.0. The molecule has 3 rings (SSSR count). The van der Waals surface area contributed by atoms with Gasteiger partial charge in [-0.25, -0.2) is 4.98 Å². The first-order chi connectivity index (χ1) is 12.7. The highest BCUT2D eigenvalue weighted by Gasteiger charge is 2.31. The van der Waals surface area contributed by atoms with Gasteiger partial charge in [-0.2, -0.15) is 0 Å². The van der Waals surface area contributed by atoms with Crippen molar-refractivity contribution in [2.45, 2.75) is 32.2 Å². The van der Waals surface area contributed by atoms with Crippen molar-refractivity contribution in [2.24, 2.45) is 10.9 Å². The van der Waals surface area contributed by atoms with Gasteiger partial charge in [0.05, 0.1) is 5.01 Å². The van der Waals surface area contributed by atoms with E-state index >= 15 is 0 Å². The van der Waals surface area contributed by atoms with Crippen LogP contribution in [0.3, 0.4) is 0 Å². The first-order valence-electron chi connectivity index (χ1n) is 9.27. The average Bonchev–Trinajstić information content (AvgIpc) is 3.30. The SMILES string of the molecule is CN=C(NCCc1ncc(C)s1)NCC1CCCN(C)C1c1cccs1. The van der Waals surface area contributed by atoms with E-state index in [-0.39, 0.29) is 0 Å². The third kappa shape index (κ3) is 5.05. The van der Waals surface area contributed by atoms with Gasteiger partial charge >= 0.3 is 0 Å². The van der Waals surface area contributed by atoms with E-state index in [1.807, 2.05) is 24.6 Å². The highest BCUT2D eigenvalue weighted by atomic mass is 32.1. The van der Waals surface area contributed by atoms with E-state index in [1.165, 1.54) is 34.1 Å². The molecule has 2 unspecified atom stereocenters. The Morgan fingerprint density at radius 1 is 1.42 bits per heavy atom. The Hall–Kier alpha value is -1.44. The fraction of sp³-hybridized carbons (Fsp3) is 0.579. The molecule has 7 heteroatoms. The minimum absolute atomic E-state index is 0.507. The van der Waals surface area contributed by atoms with Gasteiger partial charge < -0.3 is 10.6 Å². The van der Waals surface area contributed by atoms with Crippen LogP contribution in [-0.2, 0) is 6.42 Å². The van der Waals surface area contributed by atoms with Gasteiger partial charge in [0.25, 0.3) is 0 Å². The Bertz CT molecular complexity index is 695. The van der Waals surface area contributed by atoms with Crippen LogP contribution in [0.1, 0.15) is 33.6 Å². The third-order valence-electron chi connectivity index (χ3n) is 4.90. The van der Waals surface area contributed by atoms with Gasteiger partial charge in [0.2, 0.25) is 0 Å². The molecule has 0 aromatic carbocycles. The molecular weight excluding hydrogens is 362 g/mol. The second kappa shape index (κ2) is 9.48. The predicted molar refractivity (Wildman–Crippen MR) is 112 cm³/mol. The molecule has 1 fully saturated rings. The number of nitrogens with zero attached hydrogens (tertiary/aromatic N) is 3. The number of aliphatic imine (C=N–C) groups is 1. The van der Waals surface area contributed by atoms with Gasteiger partial charge in [-0.05, 0) is 50.7 Å². The van der Waals surface area contributed by atoms with E-state index in [2.05, 4.69) is 57.0 Å². The van der Waals surface area contributed by atoms with Crippen LogP contribution in [0.4, 0.5) is 0 Å². The summed E-state index contributed by atoms with van der Waals surface area (Å²) in [6, 6.07) is 4.94. The number of rotatable bonds is 6. The molecule has 3 heterocycles. The maximum Gasteiger partial charge on any atom is 0.191 e. The van der Waals surface area contributed by atoms with Crippen LogP contribution in [0.5, 0.6) is 0 Å². The number of piperidine rings is 1. The summed E-state index contributed by atoms with van der Waals surface area (Å²) in [6.07, 6.45) is 5.40. The fourth-order valence-corrected chi connectivity index (χ4v) is 5.41. The predicted octanol–water partition coefficient (Wildman–Crippen LogP) is 3.30. The zero-order valence-electron chi connectivity index (χ0n) is 15.9. The van der Waals surface area contributed by atoms with E-state index in [0.717, 1.165) is 25.5 Å². The lowest BCUT2D eigenvalue weighted by atomic mass is 9.88. The first-order valence-corrected chi connectivity index (χ1v) is 11.0. The van der Waals surface area contributed by atoms with Crippen LogP contribution in [0, 0.1) is 12.8 Å². The van der Waals surface area contributed by atoms with Crippen molar-refractivity contribution < 1.29 is 0 Å². The van der Waals surface area contributed by atoms with Crippen molar-refractivity contribution in [3.05, 3.63) is 38.5 Å². The Morgan fingerprint density at radius 2 is 2.31 bits per heavy atom. The highest BCUT2D eigenvalue weighted by Crippen LogP contribution is 2.36. The molecule has 0 amide bonds. The molecular formula is C19H29N5S2. The summed E-state index contributed by atoms with van der Waals surface area (Å²) in [5, 5.41) is 10.3. The zero-order chi connectivity index (χ0) is 18.4. The van der Waals surface area contributed by atoms with Gasteiger partial charge in [0.15, 0.2) is 5.96 Å². The Kier molecular flexibility index (Phi) is 7.05. The van der Waals surface area contributed by atoms with Crippen molar-refractivity contribution in [1.29, 1.82) is 0 Å². The molecule has 5 nitrogen and oxygen atoms in total. The largest absolute Gasteiger partial charge is 0.356 e. The normalized spacial score (nSPS) is 21.7. The molecule has 1 saturated heterocycles. The Morgan fingerprint density at radius 3 is 3.00 bits per heavy atom. The highest BCUT2D eigenvalue weighted by molar-refractivity contribution is 7.11. The molecule has 0 spiro atoms. The van der Waals surface area contributed by atoms with Crippen molar-refractivity contribution in [2.75, 3.05) is 33.7 Å². The number of thiophene rings is 1. The molecule has 142 valence electrons. The number of hydrogen-bond acceptors (Lipinski definition) is 5. The summed E-state index contributed by atoms with van der Waals surface area (Å²) in [7, 11) is 4.09. The van der Waals surface area contributed by atoms with Gasteiger partial charge in [-0.3, -0.25) is 9.89 Å². The second-order valence-electron chi connectivity index (χ2n) is 6.84. The number of aryl methyl sites for hydroxylation is 1. The number of guanidine groups is 1. The van der Waals surface area contributed by atoms with E-state index in [1.54, 1.807) is 11.3 Å². The lowest BCUT2D eigenvalue weighted by Crippen LogP contribution is -2.45. The molecule has 2 aromatic heterocycles. The summed E-state index contributed by atoms with van der Waals surface area (Å²) >= 11 is 3.64. The van der Waals surface area contributed by atoms with Gasteiger partial charge in [-0.15, -0.1) is 22.7 Å². The Labute approximate surface area is 164 Å². The van der Waals surface area contributed by atoms with E-state index in [4.69, 9.17) is 0 Å². The first kappa shape index (κ1) is 19.3. The quantitative estimate of drug-likeness (QED) is 0.586. The number of nitrogens with one attached hydrogen (secondary N) is 2. The monoisotopic (exact) mass is 391 g/mol. The number of likely N-dealkylation sites (tertiary alicyclic amines) is 1. The molecule has 0 saturated carbocycles. The molecule has 2 aromatic rings. The molecule has 26 heavy (non-hydrogen) atoms. The summed E-state index contributed by atoms with van der Waals surface area (Å²) < 4.78 is 0. The van der Waals surface area contributed by atoms with Gasteiger partial charge in [0, 0.05) is 48.6 Å².